The highest BCUT2D eigenvalue weighted by Gasteiger charge is 2.32. The molecule has 1 saturated heterocycles. The lowest BCUT2D eigenvalue weighted by Crippen LogP contribution is -2.46. The Morgan fingerprint density at radius 2 is 1.69 bits per heavy atom. The number of benzene rings is 2. The van der Waals surface area contributed by atoms with Crippen LogP contribution in [0, 0.1) is 0 Å². The van der Waals surface area contributed by atoms with Gasteiger partial charge in [0, 0.05) is 12.6 Å². The summed E-state index contributed by atoms with van der Waals surface area (Å²) in [5, 5.41) is 13.5. The highest BCUT2D eigenvalue weighted by atomic mass is 16.5. The summed E-state index contributed by atoms with van der Waals surface area (Å²) in [6.07, 6.45) is -0.388. The molecule has 1 N–H and O–H groups in total. The summed E-state index contributed by atoms with van der Waals surface area (Å²) in [7, 11) is 0. The number of aromatic carboxylic acids is 1. The first-order valence-corrected chi connectivity index (χ1v) is 9.41. The average molecular weight is 391 g/mol. The number of para-hydroxylation sites is 1. The number of rotatable bonds is 4. The van der Waals surface area contributed by atoms with Gasteiger partial charge < -0.3 is 14.7 Å². The van der Waals surface area contributed by atoms with E-state index in [2.05, 4.69) is 5.10 Å². The van der Waals surface area contributed by atoms with Gasteiger partial charge in [0.05, 0.1) is 18.3 Å². The van der Waals surface area contributed by atoms with E-state index in [-0.39, 0.29) is 29.5 Å². The molecular weight excluding hydrogens is 370 g/mol. The molecule has 1 aromatic heterocycles. The number of carboxylic acids is 1. The van der Waals surface area contributed by atoms with Gasteiger partial charge in [-0.3, -0.25) is 4.79 Å². The smallest absolute Gasteiger partial charge is 0.356 e. The van der Waals surface area contributed by atoms with E-state index in [1.54, 1.807) is 17.0 Å². The van der Waals surface area contributed by atoms with E-state index >= 15 is 0 Å². The van der Waals surface area contributed by atoms with E-state index in [4.69, 9.17) is 4.74 Å². The maximum atomic E-state index is 13.4. The van der Waals surface area contributed by atoms with Crippen molar-refractivity contribution in [1.29, 1.82) is 0 Å². The van der Waals surface area contributed by atoms with Gasteiger partial charge in [-0.2, -0.15) is 5.10 Å². The van der Waals surface area contributed by atoms with Gasteiger partial charge in [0.1, 0.15) is 11.8 Å². The Kier molecular flexibility index (Phi) is 5.14. The summed E-state index contributed by atoms with van der Waals surface area (Å²) in [5.41, 5.74) is 1.68. The third-order valence-corrected chi connectivity index (χ3v) is 4.87. The first-order valence-electron chi connectivity index (χ1n) is 9.41. The molecule has 0 radical (unpaired) electrons. The molecular formula is C22H21N3O4. The molecule has 2 aromatic carbocycles. The molecule has 0 spiro atoms. The zero-order valence-electron chi connectivity index (χ0n) is 15.9. The Morgan fingerprint density at radius 1 is 1.03 bits per heavy atom. The molecule has 1 amide bonds. The summed E-state index contributed by atoms with van der Waals surface area (Å²) < 4.78 is 7.43. The SMILES string of the molecule is C[C@H]1CN(C(=O)c2cc(C(=O)O)nn2-c2ccccc2)C[C@@H](c2ccccc2)O1. The predicted molar refractivity (Wildman–Crippen MR) is 106 cm³/mol. The maximum Gasteiger partial charge on any atom is 0.356 e. The number of hydrogen-bond acceptors (Lipinski definition) is 4. The number of carbonyl (C=O) groups excluding carboxylic acids is 1. The Balaban J connectivity index is 1.67. The van der Waals surface area contributed by atoms with Crippen molar-refractivity contribution in [2.75, 3.05) is 13.1 Å². The quantitative estimate of drug-likeness (QED) is 0.738. The zero-order chi connectivity index (χ0) is 20.4. The molecule has 7 heteroatoms. The fourth-order valence-corrected chi connectivity index (χ4v) is 3.54. The minimum Gasteiger partial charge on any atom is -0.476 e. The molecule has 7 nitrogen and oxygen atoms in total. The predicted octanol–water partition coefficient (Wildman–Crippen LogP) is 3.17. The van der Waals surface area contributed by atoms with Crippen LogP contribution in [0.15, 0.2) is 66.7 Å². The highest BCUT2D eigenvalue weighted by molar-refractivity contribution is 5.96. The van der Waals surface area contributed by atoms with Crippen molar-refractivity contribution in [2.45, 2.75) is 19.1 Å². The van der Waals surface area contributed by atoms with Crippen LogP contribution in [0.1, 0.15) is 39.6 Å². The summed E-state index contributed by atoms with van der Waals surface area (Å²) in [6.45, 7) is 2.73. The molecule has 1 aliphatic rings. The van der Waals surface area contributed by atoms with Gasteiger partial charge in [0.15, 0.2) is 5.69 Å². The van der Waals surface area contributed by atoms with Gasteiger partial charge in [-0.25, -0.2) is 9.48 Å². The standard InChI is InChI=1S/C22H21N3O4/c1-15-13-24(14-20(29-15)16-8-4-2-5-9-16)21(26)19-12-18(22(27)28)23-25(19)17-10-6-3-7-11-17/h2-12,15,20H,13-14H2,1H3,(H,27,28)/t15-,20-/m0/s1. The summed E-state index contributed by atoms with van der Waals surface area (Å²) in [4.78, 5) is 26.5. The van der Waals surface area contributed by atoms with Crippen molar-refractivity contribution in [3.05, 3.63) is 83.7 Å². The monoisotopic (exact) mass is 391 g/mol. The van der Waals surface area contributed by atoms with Crippen molar-refractivity contribution in [3.8, 4) is 5.69 Å². The number of carbonyl (C=O) groups is 2. The van der Waals surface area contributed by atoms with E-state index in [9.17, 15) is 14.7 Å². The minimum absolute atomic E-state index is 0.148. The summed E-state index contributed by atoms with van der Waals surface area (Å²) >= 11 is 0. The van der Waals surface area contributed by atoms with Crippen molar-refractivity contribution in [2.24, 2.45) is 0 Å². The fourth-order valence-electron chi connectivity index (χ4n) is 3.54. The molecule has 0 saturated carbocycles. The second-order valence-electron chi connectivity index (χ2n) is 7.02. The van der Waals surface area contributed by atoms with Crippen LogP contribution in [0.25, 0.3) is 5.69 Å². The molecule has 29 heavy (non-hydrogen) atoms. The minimum atomic E-state index is -1.17. The topological polar surface area (TPSA) is 84.7 Å². The second kappa shape index (κ2) is 7.89. The summed E-state index contributed by atoms with van der Waals surface area (Å²) in [5.74, 6) is -1.45. The Bertz CT molecular complexity index is 1020. The van der Waals surface area contributed by atoms with E-state index in [0.717, 1.165) is 5.56 Å². The lowest BCUT2D eigenvalue weighted by molar-refractivity contribution is -0.0693. The van der Waals surface area contributed by atoms with E-state index < -0.39 is 5.97 Å². The largest absolute Gasteiger partial charge is 0.476 e. The van der Waals surface area contributed by atoms with Crippen molar-refractivity contribution >= 4 is 11.9 Å². The number of aromatic nitrogens is 2. The zero-order valence-corrected chi connectivity index (χ0v) is 15.9. The van der Waals surface area contributed by atoms with Crippen LogP contribution in [0.4, 0.5) is 0 Å². The molecule has 0 aliphatic carbocycles. The number of carboxylic acid groups (broad SMARTS) is 1. The molecule has 4 rings (SSSR count). The average Bonchev–Trinajstić information content (AvgIpc) is 3.20. The molecule has 2 heterocycles. The van der Waals surface area contributed by atoms with Gasteiger partial charge in [0.25, 0.3) is 5.91 Å². The van der Waals surface area contributed by atoms with Crippen LogP contribution in [-0.4, -0.2) is 50.9 Å². The van der Waals surface area contributed by atoms with E-state index in [0.29, 0.717) is 18.8 Å². The number of hydrogen-bond donors (Lipinski definition) is 1. The van der Waals surface area contributed by atoms with Gasteiger partial charge in [-0.05, 0) is 24.6 Å². The number of ether oxygens (including phenoxy) is 1. The molecule has 1 aliphatic heterocycles. The van der Waals surface area contributed by atoms with E-state index in [1.165, 1.54) is 10.7 Å². The van der Waals surface area contributed by atoms with Crippen LogP contribution >= 0.6 is 0 Å². The third-order valence-electron chi connectivity index (χ3n) is 4.87. The van der Waals surface area contributed by atoms with Crippen LogP contribution in [0.3, 0.4) is 0 Å². The number of nitrogens with zero attached hydrogens (tertiary/aromatic N) is 3. The molecule has 2 atom stereocenters. The van der Waals surface area contributed by atoms with Crippen LogP contribution in [0.5, 0.6) is 0 Å². The lowest BCUT2D eigenvalue weighted by Gasteiger charge is -2.37. The highest BCUT2D eigenvalue weighted by Crippen LogP contribution is 2.26. The van der Waals surface area contributed by atoms with Crippen LogP contribution in [0.2, 0.25) is 0 Å². The Hall–Kier alpha value is -3.45. The van der Waals surface area contributed by atoms with Gasteiger partial charge in [0.2, 0.25) is 0 Å². The number of amides is 1. The van der Waals surface area contributed by atoms with E-state index in [1.807, 2.05) is 55.5 Å². The van der Waals surface area contributed by atoms with Gasteiger partial charge in [-0.1, -0.05) is 48.5 Å². The molecule has 148 valence electrons. The summed E-state index contributed by atoms with van der Waals surface area (Å²) in [6, 6.07) is 20.1. The van der Waals surface area contributed by atoms with Gasteiger partial charge in [-0.15, -0.1) is 0 Å². The second-order valence-corrected chi connectivity index (χ2v) is 7.02. The molecule has 3 aromatic rings. The third kappa shape index (κ3) is 3.90. The Labute approximate surface area is 168 Å². The maximum absolute atomic E-state index is 13.4. The number of morpholine rings is 1. The lowest BCUT2D eigenvalue weighted by atomic mass is 10.1. The molecule has 1 fully saturated rings. The molecule has 0 unspecified atom stereocenters. The molecule has 0 bridgehead atoms. The Morgan fingerprint density at radius 3 is 2.34 bits per heavy atom. The van der Waals surface area contributed by atoms with Crippen molar-refractivity contribution in [1.82, 2.24) is 14.7 Å². The van der Waals surface area contributed by atoms with Gasteiger partial charge >= 0.3 is 5.97 Å². The first kappa shape index (κ1) is 18.9. The normalized spacial score (nSPS) is 19.1. The fraction of sp³-hybridized carbons (Fsp3) is 0.227. The first-order chi connectivity index (χ1) is 14.0. The van der Waals surface area contributed by atoms with Crippen LogP contribution < -0.4 is 0 Å². The van der Waals surface area contributed by atoms with Crippen molar-refractivity contribution in [3.63, 3.8) is 0 Å². The van der Waals surface area contributed by atoms with Crippen molar-refractivity contribution < 1.29 is 19.4 Å². The van der Waals surface area contributed by atoms with Crippen LogP contribution in [-0.2, 0) is 4.74 Å².